The van der Waals surface area contributed by atoms with Crippen molar-refractivity contribution < 1.29 is 4.79 Å². The van der Waals surface area contributed by atoms with Crippen molar-refractivity contribution in [2.75, 3.05) is 0 Å². The van der Waals surface area contributed by atoms with Crippen LogP contribution in [0.5, 0.6) is 0 Å². The van der Waals surface area contributed by atoms with E-state index in [0.717, 1.165) is 42.5 Å². The zero-order chi connectivity index (χ0) is 21.7. The SMILES string of the molecule is O=C(NC1CC2(C1)CC(c1n[nH]c(=O)c3ccccc13)C2)c1cnn(-c2ccccc2)c1. The number of aromatic nitrogens is 4. The van der Waals surface area contributed by atoms with E-state index in [1.807, 2.05) is 54.6 Å². The second-order valence-corrected chi connectivity index (χ2v) is 9.18. The largest absolute Gasteiger partial charge is 0.349 e. The van der Waals surface area contributed by atoms with Gasteiger partial charge in [0.15, 0.2) is 0 Å². The van der Waals surface area contributed by atoms with Gasteiger partial charge in [-0.05, 0) is 49.3 Å². The van der Waals surface area contributed by atoms with E-state index >= 15 is 0 Å². The third kappa shape index (κ3) is 3.12. The van der Waals surface area contributed by atoms with Crippen LogP contribution >= 0.6 is 0 Å². The summed E-state index contributed by atoms with van der Waals surface area (Å²) < 4.78 is 1.72. The number of hydrogen-bond donors (Lipinski definition) is 2. The highest BCUT2D eigenvalue weighted by Crippen LogP contribution is 2.62. The zero-order valence-electron chi connectivity index (χ0n) is 17.5. The van der Waals surface area contributed by atoms with E-state index in [0.29, 0.717) is 16.9 Å². The van der Waals surface area contributed by atoms with Crippen LogP contribution in [-0.4, -0.2) is 31.9 Å². The molecular weight excluding hydrogens is 402 g/mol. The minimum absolute atomic E-state index is 0.0730. The summed E-state index contributed by atoms with van der Waals surface area (Å²) in [6.45, 7) is 0. The average molecular weight is 425 g/mol. The molecule has 32 heavy (non-hydrogen) atoms. The van der Waals surface area contributed by atoms with Gasteiger partial charge in [0.2, 0.25) is 0 Å². The number of fused-ring (bicyclic) bond motifs is 1. The molecule has 2 heterocycles. The van der Waals surface area contributed by atoms with Crippen molar-refractivity contribution in [2.45, 2.75) is 37.6 Å². The fraction of sp³-hybridized carbons (Fsp3) is 0.280. The molecule has 7 heteroatoms. The van der Waals surface area contributed by atoms with Crippen LogP contribution in [-0.2, 0) is 0 Å². The first-order chi connectivity index (χ1) is 15.6. The van der Waals surface area contributed by atoms with E-state index in [1.54, 1.807) is 17.1 Å². The predicted molar refractivity (Wildman–Crippen MR) is 121 cm³/mol. The van der Waals surface area contributed by atoms with E-state index in [1.165, 1.54) is 0 Å². The van der Waals surface area contributed by atoms with Gasteiger partial charge in [-0.25, -0.2) is 9.78 Å². The Morgan fingerprint density at radius 1 is 1.00 bits per heavy atom. The molecule has 2 aliphatic rings. The van der Waals surface area contributed by atoms with Crippen molar-refractivity contribution in [1.82, 2.24) is 25.3 Å². The Labute approximate surface area is 184 Å². The predicted octanol–water partition coefficient (Wildman–Crippen LogP) is 3.57. The Balaban J connectivity index is 1.07. The number of hydrogen-bond acceptors (Lipinski definition) is 4. The van der Waals surface area contributed by atoms with Gasteiger partial charge in [0.25, 0.3) is 11.5 Å². The molecule has 2 saturated carbocycles. The van der Waals surface area contributed by atoms with E-state index in [-0.39, 0.29) is 22.9 Å². The number of rotatable bonds is 4. The molecule has 160 valence electrons. The maximum absolute atomic E-state index is 12.7. The maximum atomic E-state index is 12.7. The molecule has 1 spiro atoms. The van der Waals surface area contributed by atoms with Crippen LogP contribution < -0.4 is 10.9 Å². The van der Waals surface area contributed by atoms with Crippen LogP contribution in [0.25, 0.3) is 16.5 Å². The molecule has 2 aromatic heterocycles. The van der Waals surface area contributed by atoms with Crippen molar-refractivity contribution in [3.8, 4) is 5.69 Å². The third-order valence-corrected chi connectivity index (χ3v) is 7.03. The lowest BCUT2D eigenvalue weighted by Crippen LogP contribution is -2.55. The number of carbonyl (C=O) groups excluding carboxylic acids is 1. The maximum Gasteiger partial charge on any atom is 0.272 e. The van der Waals surface area contributed by atoms with Crippen molar-refractivity contribution in [1.29, 1.82) is 0 Å². The highest BCUT2D eigenvalue weighted by atomic mass is 16.1. The van der Waals surface area contributed by atoms with Gasteiger partial charge >= 0.3 is 0 Å². The third-order valence-electron chi connectivity index (χ3n) is 7.03. The summed E-state index contributed by atoms with van der Waals surface area (Å²) in [5.41, 5.74) is 2.64. The second-order valence-electron chi connectivity index (χ2n) is 9.18. The smallest absolute Gasteiger partial charge is 0.272 e. The van der Waals surface area contributed by atoms with Crippen LogP contribution in [0, 0.1) is 5.41 Å². The Morgan fingerprint density at radius 3 is 2.50 bits per heavy atom. The molecule has 0 atom stereocenters. The zero-order valence-corrected chi connectivity index (χ0v) is 17.5. The molecule has 0 bridgehead atoms. The second kappa shape index (κ2) is 7.15. The molecule has 6 rings (SSSR count). The number of nitrogens with one attached hydrogen (secondary N) is 2. The number of carbonyl (C=O) groups is 1. The summed E-state index contributed by atoms with van der Waals surface area (Å²) in [5, 5.41) is 16.1. The van der Waals surface area contributed by atoms with Gasteiger partial charge in [0.05, 0.1) is 28.5 Å². The number of benzene rings is 2. The van der Waals surface area contributed by atoms with Crippen LogP contribution in [0.1, 0.15) is 47.7 Å². The van der Waals surface area contributed by atoms with Crippen LogP contribution in [0.3, 0.4) is 0 Å². The number of nitrogens with zero attached hydrogens (tertiary/aromatic N) is 3. The summed E-state index contributed by atoms with van der Waals surface area (Å²) in [7, 11) is 0. The summed E-state index contributed by atoms with van der Waals surface area (Å²) in [4.78, 5) is 24.7. The average Bonchev–Trinajstić information content (AvgIpc) is 3.27. The van der Waals surface area contributed by atoms with Crippen LogP contribution in [0.4, 0.5) is 0 Å². The summed E-state index contributed by atoms with van der Waals surface area (Å²) in [6.07, 6.45) is 7.46. The molecule has 0 aliphatic heterocycles. The van der Waals surface area contributed by atoms with E-state index in [4.69, 9.17) is 0 Å². The Hall–Kier alpha value is -3.74. The van der Waals surface area contributed by atoms with Gasteiger partial charge in [-0.2, -0.15) is 10.2 Å². The Morgan fingerprint density at radius 2 is 1.72 bits per heavy atom. The van der Waals surface area contributed by atoms with Crippen LogP contribution in [0.15, 0.2) is 71.8 Å². The first kappa shape index (κ1) is 19.0. The number of para-hydroxylation sites is 1. The monoisotopic (exact) mass is 425 g/mol. The molecule has 1 amide bonds. The van der Waals surface area contributed by atoms with Gasteiger partial charge in [-0.1, -0.05) is 36.4 Å². The molecule has 0 unspecified atom stereocenters. The minimum Gasteiger partial charge on any atom is -0.349 e. The highest BCUT2D eigenvalue weighted by molar-refractivity contribution is 5.94. The molecule has 2 aromatic carbocycles. The van der Waals surface area contributed by atoms with Crippen molar-refractivity contribution in [2.24, 2.45) is 5.41 Å². The Bertz CT molecular complexity index is 1360. The van der Waals surface area contributed by atoms with Crippen molar-refractivity contribution in [3.63, 3.8) is 0 Å². The van der Waals surface area contributed by atoms with E-state index in [2.05, 4.69) is 20.6 Å². The standard InChI is InChI=1S/C25H23N5O2/c31-23(17-14-26-30(15-17)19-6-2-1-3-7-19)27-18-12-25(13-18)10-16(11-25)22-20-8-4-5-9-21(20)24(32)29-28-22/h1-9,14-16,18H,10-13H2,(H,27,31)(H,29,32). The normalized spacial score (nSPS) is 24.1. The molecule has 0 saturated heterocycles. The number of amides is 1. The first-order valence-electron chi connectivity index (χ1n) is 11.0. The molecule has 0 radical (unpaired) electrons. The summed E-state index contributed by atoms with van der Waals surface area (Å²) in [5.74, 6) is 0.286. The summed E-state index contributed by atoms with van der Waals surface area (Å²) in [6, 6.07) is 17.6. The van der Waals surface area contributed by atoms with Gasteiger partial charge in [-0.3, -0.25) is 9.59 Å². The fourth-order valence-electron chi connectivity index (χ4n) is 5.48. The van der Waals surface area contributed by atoms with Gasteiger partial charge in [-0.15, -0.1) is 0 Å². The highest BCUT2D eigenvalue weighted by Gasteiger charge is 2.54. The lowest BCUT2D eigenvalue weighted by Gasteiger charge is -2.57. The molecule has 7 nitrogen and oxygen atoms in total. The topological polar surface area (TPSA) is 92.7 Å². The molecule has 2 fully saturated rings. The lowest BCUT2D eigenvalue weighted by molar-refractivity contribution is -0.0196. The Kier molecular flexibility index (Phi) is 4.24. The molecule has 4 aromatic rings. The first-order valence-corrected chi connectivity index (χ1v) is 11.0. The van der Waals surface area contributed by atoms with Crippen molar-refractivity contribution in [3.05, 3.63) is 88.6 Å². The minimum atomic E-state index is -0.139. The van der Waals surface area contributed by atoms with Crippen LogP contribution in [0.2, 0.25) is 0 Å². The molecule has 2 aliphatic carbocycles. The van der Waals surface area contributed by atoms with Gasteiger partial charge < -0.3 is 5.32 Å². The quantitative estimate of drug-likeness (QED) is 0.523. The number of aromatic amines is 1. The van der Waals surface area contributed by atoms with E-state index < -0.39 is 0 Å². The number of H-pyrrole nitrogens is 1. The van der Waals surface area contributed by atoms with Crippen molar-refractivity contribution >= 4 is 16.7 Å². The van der Waals surface area contributed by atoms with E-state index in [9.17, 15) is 9.59 Å². The van der Waals surface area contributed by atoms with Gasteiger partial charge in [0.1, 0.15) is 0 Å². The molecular formula is C25H23N5O2. The lowest BCUT2D eigenvalue weighted by atomic mass is 9.49. The summed E-state index contributed by atoms with van der Waals surface area (Å²) >= 11 is 0. The molecule has 2 N–H and O–H groups in total. The van der Waals surface area contributed by atoms with Gasteiger partial charge in [0, 0.05) is 23.5 Å². The fourth-order valence-corrected chi connectivity index (χ4v) is 5.48.